The maximum absolute atomic E-state index is 13.9. The zero-order chi connectivity index (χ0) is 46.2. The van der Waals surface area contributed by atoms with E-state index < -0.39 is 54.2 Å². The van der Waals surface area contributed by atoms with E-state index in [1.165, 1.54) is 14.2 Å². The molecule has 0 aromatic carbocycles. The molecule has 11 nitrogen and oxygen atoms in total. The average molecular weight is 851 g/mol. The van der Waals surface area contributed by atoms with Crippen LogP contribution in [-0.4, -0.2) is 90.8 Å². The molecule has 0 saturated heterocycles. The molecule has 11 unspecified atom stereocenters. The van der Waals surface area contributed by atoms with E-state index in [0.717, 1.165) is 41.6 Å². The molecule has 61 heavy (non-hydrogen) atoms. The molecule has 0 spiro atoms. The molecule has 0 saturated carbocycles. The van der Waals surface area contributed by atoms with E-state index in [4.69, 9.17) is 19.0 Å². The molecule has 0 aliphatic carbocycles. The highest BCUT2D eigenvalue weighted by Crippen LogP contribution is 2.30. The summed E-state index contributed by atoms with van der Waals surface area (Å²) in [7, 11) is 2.90. The summed E-state index contributed by atoms with van der Waals surface area (Å²) in [5.41, 5.74) is 3.94. The topological polar surface area (TPSA) is 156 Å². The third kappa shape index (κ3) is 20.0. The van der Waals surface area contributed by atoms with E-state index in [1.807, 2.05) is 78.0 Å². The second kappa shape index (κ2) is 29.1. The van der Waals surface area contributed by atoms with Crippen LogP contribution >= 0.6 is 0 Å². The maximum atomic E-state index is 13.9. The van der Waals surface area contributed by atoms with E-state index in [0.29, 0.717) is 11.6 Å². The first-order valence-electron chi connectivity index (χ1n) is 21.7. The number of amides is 1. The molecule has 11 heteroatoms. The number of ether oxygens (including phenoxy) is 3. The number of cyclic esters (lactones) is 1. The number of rotatable bonds is 18. The van der Waals surface area contributed by atoms with Gasteiger partial charge in [0.15, 0.2) is 6.61 Å². The van der Waals surface area contributed by atoms with Gasteiger partial charge in [0.1, 0.15) is 12.2 Å². The van der Waals surface area contributed by atoms with Gasteiger partial charge in [0.25, 0.3) is 5.91 Å². The van der Waals surface area contributed by atoms with Crippen LogP contribution in [0.25, 0.3) is 0 Å². The standard InChI is InChI=1S/C50H78N2O9/c1-15-19-43(53)36(9)23-25-42(52-60-31-46(54)51-30-40(16-2)24-22-32(4)5)38(11)48(56)39(12)49-44(58-13)21-18-20-33(6)26-34(7)28-41(17-3)47(55)37(10)27-35(8)29-45(59-14)50(57)61-49/h15-16,18-25,27,29,34,36-39,41,43-44,47-49,53,55-56H,4,17,26,28,30-31H2,1-3,5-14H3,(H,51,54)/b19-15+,21-18+,24-22-,25-23+,33-20+,35-27+,40-16+,45-29-,52-42+. The maximum Gasteiger partial charge on any atom is 0.373 e. The number of methoxy groups -OCH3 is 2. The number of nitrogens with one attached hydrogen (secondary N) is 1. The number of aliphatic hydroxyl groups is 3. The van der Waals surface area contributed by atoms with E-state index in [1.54, 1.807) is 50.3 Å². The highest BCUT2D eigenvalue weighted by Gasteiger charge is 2.38. The Morgan fingerprint density at radius 2 is 1.79 bits per heavy atom. The molecule has 4 N–H and O–H groups in total. The first kappa shape index (κ1) is 54.7. The van der Waals surface area contributed by atoms with E-state index in [-0.39, 0.29) is 36.7 Å². The Balaban J connectivity index is 3.68. The Hall–Kier alpha value is -4.29. The smallest absolute Gasteiger partial charge is 0.373 e. The molecule has 0 fully saturated rings. The third-order valence-electron chi connectivity index (χ3n) is 11.1. The summed E-state index contributed by atoms with van der Waals surface area (Å²) in [6.07, 6.45) is 19.9. The molecule has 0 radical (unpaired) electrons. The first-order chi connectivity index (χ1) is 28.8. The summed E-state index contributed by atoms with van der Waals surface area (Å²) in [6.45, 7) is 24.9. The normalized spacial score (nSPS) is 28.8. The molecule has 1 rings (SSSR count). The fourth-order valence-electron chi connectivity index (χ4n) is 7.22. The zero-order valence-electron chi connectivity index (χ0n) is 39.3. The van der Waals surface area contributed by atoms with E-state index >= 15 is 0 Å². The number of oxime groups is 1. The molecular weight excluding hydrogens is 773 g/mol. The van der Waals surface area contributed by atoms with Crippen molar-refractivity contribution in [2.45, 2.75) is 126 Å². The highest BCUT2D eigenvalue weighted by atomic mass is 16.6. The van der Waals surface area contributed by atoms with Gasteiger partial charge in [-0.25, -0.2) is 4.79 Å². The molecule has 1 aliphatic rings. The highest BCUT2D eigenvalue weighted by molar-refractivity contribution is 5.96. The van der Waals surface area contributed by atoms with Gasteiger partial charge in [-0.05, 0) is 77.0 Å². The summed E-state index contributed by atoms with van der Waals surface area (Å²) < 4.78 is 17.7. The van der Waals surface area contributed by atoms with Crippen LogP contribution in [0.2, 0.25) is 0 Å². The van der Waals surface area contributed by atoms with Gasteiger partial charge in [0, 0.05) is 37.3 Å². The van der Waals surface area contributed by atoms with E-state index in [9.17, 15) is 24.9 Å². The molecule has 1 amide bonds. The van der Waals surface area contributed by atoms with Crippen LogP contribution in [0.15, 0.2) is 113 Å². The number of nitrogens with zero attached hydrogens (tertiary/aromatic N) is 1. The number of carbonyl (C=O) groups excluding carboxylic acids is 2. The van der Waals surface area contributed by atoms with E-state index in [2.05, 4.69) is 37.8 Å². The van der Waals surface area contributed by atoms with Gasteiger partial charge in [-0.1, -0.05) is 137 Å². The lowest BCUT2D eigenvalue weighted by Crippen LogP contribution is -2.45. The number of hydrogen-bond donors (Lipinski definition) is 4. The van der Waals surface area contributed by atoms with Crippen molar-refractivity contribution in [2.24, 2.45) is 40.7 Å². The van der Waals surface area contributed by atoms with Gasteiger partial charge in [-0.3, -0.25) is 4.79 Å². The van der Waals surface area contributed by atoms with Crippen molar-refractivity contribution in [3.63, 3.8) is 0 Å². The largest absolute Gasteiger partial charge is 0.490 e. The van der Waals surface area contributed by atoms with Gasteiger partial charge >= 0.3 is 5.97 Å². The number of aliphatic hydroxyl groups excluding tert-OH is 3. The fraction of sp³-hybridized carbons (Fsp3) is 0.580. The lowest BCUT2D eigenvalue weighted by atomic mass is 9.81. The van der Waals surface area contributed by atoms with Gasteiger partial charge in [-0.15, -0.1) is 0 Å². The number of hydrogen-bond acceptors (Lipinski definition) is 10. The molecule has 1 aliphatic heterocycles. The summed E-state index contributed by atoms with van der Waals surface area (Å²) >= 11 is 0. The number of allylic oxidation sites excluding steroid dienone is 10. The van der Waals surface area contributed by atoms with Crippen molar-refractivity contribution in [3.05, 3.63) is 108 Å². The van der Waals surface area contributed by atoms with Crippen molar-refractivity contribution in [1.29, 1.82) is 0 Å². The number of carbonyl (C=O) groups is 2. The second-order valence-corrected chi connectivity index (χ2v) is 16.6. The van der Waals surface area contributed by atoms with Gasteiger partial charge in [-0.2, -0.15) is 0 Å². The zero-order valence-corrected chi connectivity index (χ0v) is 39.3. The minimum atomic E-state index is -1.18. The lowest BCUT2D eigenvalue weighted by molar-refractivity contribution is -0.161. The van der Waals surface area contributed by atoms with Crippen LogP contribution in [0.3, 0.4) is 0 Å². The van der Waals surface area contributed by atoms with Crippen LogP contribution in [-0.2, 0) is 28.6 Å². The van der Waals surface area contributed by atoms with Gasteiger partial charge < -0.3 is 39.7 Å². The van der Waals surface area contributed by atoms with Crippen molar-refractivity contribution in [1.82, 2.24) is 5.32 Å². The Morgan fingerprint density at radius 1 is 1.10 bits per heavy atom. The van der Waals surface area contributed by atoms with Crippen molar-refractivity contribution in [2.75, 3.05) is 27.4 Å². The molecule has 1 heterocycles. The van der Waals surface area contributed by atoms with Crippen molar-refractivity contribution < 1.29 is 44.0 Å². The minimum Gasteiger partial charge on any atom is -0.490 e. The Morgan fingerprint density at radius 3 is 2.38 bits per heavy atom. The quantitative estimate of drug-likeness (QED) is 0.0349. The van der Waals surface area contributed by atoms with Crippen molar-refractivity contribution in [3.8, 4) is 0 Å². The predicted molar refractivity (Wildman–Crippen MR) is 247 cm³/mol. The Labute approximate surface area is 367 Å². The van der Waals surface area contributed by atoms with Crippen LogP contribution in [0.4, 0.5) is 0 Å². The summed E-state index contributed by atoms with van der Waals surface area (Å²) in [4.78, 5) is 32.2. The van der Waals surface area contributed by atoms with Crippen molar-refractivity contribution >= 4 is 17.6 Å². The lowest BCUT2D eigenvalue weighted by Gasteiger charge is -2.34. The average Bonchev–Trinajstić information content (AvgIpc) is 3.22. The molecule has 0 bridgehead atoms. The van der Waals surface area contributed by atoms with Crippen LogP contribution < -0.4 is 5.32 Å². The Kier molecular flexibility index (Phi) is 26.1. The van der Waals surface area contributed by atoms with Gasteiger partial charge in [0.05, 0.1) is 31.1 Å². The molecule has 0 aromatic heterocycles. The molecular formula is C50H78N2O9. The summed E-state index contributed by atoms with van der Waals surface area (Å²) in [5.74, 6) is -2.73. The predicted octanol–water partition coefficient (Wildman–Crippen LogP) is 8.68. The number of esters is 1. The molecule has 0 aromatic rings. The van der Waals surface area contributed by atoms with Gasteiger partial charge in [0.2, 0.25) is 5.76 Å². The third-order valence-corrected chi connectivity index (χ3v) is 11.1. The SMILES string of the molecule is C=C(C)/C=C\C(=C/C)CNC(=O)CO/N=C(\C=C\C(C)C(O)/C=C/C)C(C)C(O)C(C)C1OC(=O)/C(OC)=C/C(C)=C/C(C)C(O)C(CC)CC(C)C/C(C)=C/C=C/C1OC. The summed E-state index contributed by atoms with van der Waals surface area (Å²) in [6, 6.07) is 0. The van der Waals surface area contributed by atoms with Crippen LogP contribution in [0, 0.1) is 35.5 Å². The fourth-order valence-corrected chi connectivity index (χ4v) is 7.22. The Bertz CT molecular complexity index is 1670. The summed E-state index contributed by atoms with van der Waals surface area (Å²) in [5, 5.41) is 41.1. The first-order valence-corrected chi connectivity index (χ1v) is 21.7. The molecule has 11 atom stereocenters. The van der Waals surface area contributed by atoms with Crippen LogP contribution in [0.5, 0.6) is 0 Å². The minimum absolute atomic E-state index is 0.0505. The van der Waals surface area contributed by atoms with Crippen LogP contribution in [0.1, 0.15) is 95.4 Å². The second-order valence-electron chi connectivity index (χ2n) is 16.6. The molecule has 342 valence electrons. The monoisotopic (exact) mass is 851 g/mol.